The Hall–Kier alpha value is -3.35. The lowest BCUT2D eigenvalue weighted by atomic mass is 10.0. The molecule has 0 bridgehead atoms. The van der Waals surface area contributed by atoms with Crippen molar-refractivity contribution >= 4 is 16.9 Å². The highest BCUT2D eigenvalue weighted by Gasteiger charge is 2.24. The van der Waals surface area contributed by atoms with E-state index in [2.05, 4.69) is 29.3 Å². The topological polar surface area (TPSA) is 88.7 Å². The van der Waals surface area contributed by atoms with Crippen molar-refractivity contribution < 1.29 is 9.32 Å². The first-order valence-corrected chi connectivity index (χ1v) is 10.2. The normalized spacial score (nSPS) is 12.6. The summed E-state index contributed by atoms with van der Waals surface area (Å²) in [6.45, 7) is 10.0. The minimum atomic E-state index is -0.206. The van der Waals surface area contributed by atoms with E-state index in [1.165, 1.54) is 0 Å². The molecular formula is C23H27N5O2. The lowest BCUT2D eigenvalue weighted by Crippen LogP contribution is -2.30. The molecule has 1 unspecified atom stereocenters. The second-order valence-corrected chi connectivity index (χ2v) is 8.21. The van der Waals surface area contributed by atoms with Gasteiger partial charge in [-0.1, -0.05) is 31.1 Å². The molecule has 2 N–H and O–H groups in total. The fourth-order valence-corrected chi connectivity index (χ4v) is 3.89. The fraction of sp³-hybridized carbons (Fsp3) is 0.348. The molecule has 0 saturated heterocycles. The predicted molar refractivity (Wildman–Crippen MR) is 116 cm³/mol. The summed E-state index contributed by atoms with van der Waals surface area (Å²) in [5, 5.41) is 7.28. The summed E-state index contributed by atoms with van der Waals surface area (Å²) in [6, 6.07) is 11.4. The second kappa shape index (κ2) is 7.82. The van der Waals surface area contributed by atoms with Crippen molar-refractivity contribution in [2.75, 3.05) is 0 Å². The average molecular weight is 406 g/mol. The first-order valence-electron chi connectivity index (χ1n) is 10.2. The van der Waals surface area contributed by atoms with Crippen LogP contribution in [0.3, 0.4) is 0 Å². The molecule has 4 aromatic rings. The standard InChI is InChI=1S/C23H27N5O2/c1-13(2)10-20(22-24-18-8-6-7-9-19(18)25-22)26-23(29)17-11-14(3)28(16(17)5)21-12-15(4)30-27-21/h6-9,11-13,20H,10H2,1-5H3,(H,24,25)(H,26,29). The number of rotatable bonds is 6. The van der Waals surface area contributed by atoms with Crippen molar-refractivity contribution in [2.24, 2.45) is 5.92 Å². The Labute approximate surface area is 175 Å². The smallest absolute Gasteiger partial charge is 0.253 e. The van der Waals surface area contributed by atoms with Gasteiger partial charge in [-0.05, 0) is 51.3 Å². The summed E-state index contributed by atoms with van der Waals surface area (Å²) in [5.74, 6) is 2.46. The third-order valence-electron chi connectivity index (χ3n) is 5.27. The fourth-order valence-electron chi connectivity index (χ4n) is 3.89. The van der Waals surface area contributed by atoms with Gasteiger partial charge in [0.2, 0.25) is 0 Å². The van der Waals surface area contributed by atoms with E-state index in [1.54, 1.807) is 0 Å². The number of fused-ring (bicyclic) bond motifs is 1. The summed E-state index contributed by atoms with van der Waals surface area (Å²) < 4.78 is 7.14. The maximum Gasteiger partial charge on any atom is 0.253 e. The van der Waals surface area contributed by atoms with Gasteiger partial charge in [-0.15, -0.1) is 0 Å². The number of aromatic nitrogens is 4. The molecule has 3 aromatic heterocycles. The molecule has 0 saturated carbocycles. The Morgan fingerprint density at radius 2 is 1.97 bits per heavy atom. The van der Waals surface area contributed by atoms with Crippen molar-refractivity contribution in [3.63, 3.8) is 0 Å². The van der Waals surface area contributed by atoms with E-state index in [9.17, 15) is 4.79 Å². The highest BCUT2D eigenvalue weighted by Crippen LogP contribution is 2.25. The highest BCUT2D eigenvalue weighted by atomic mass is 16.5. The van der Waals surface area contributed by atoms with E-state index in [0.29, 0.717) is 17.3 Å². The molecule has 156 valence electrons. The number of benzene rings is 1. The van der Waals surface area contributed by atoms with Gasteiger partial charge in [0.05, 0.1) is 22.6 Å². The molecule has 7 nitrogen and oxygen atoms in total. The number of H-pyrrole nitrogens is 1. The zero-order valence-electron chi connectivity index (χ0n) is 18.0. The maximum absolute atomic E-state index is 13.2. The Morgan fingerprint density at radius 1 is 1.20 bits per heavy atom. The third kappa shape index (κ3) is 3.75. The number of carbonyl (C=O) groups excluding carboxylic acids is 1. The molecule has 0 radical (unpaired) electrons. The molecule has 1 atom stereocenters. The summed E-state index contributed by atoms with van der Waals surface area (Å²) >= 11 is 0. The van der Waals surface area contributed by atoms with Crippen LogP contribution in [0.4, 0.5) is 0 Å². The number of carbonyl (C=O) groups is 1. The van der Waals surface area contributed by atoms with Gasteiger partial charge in [0.15, 0.2) is 5.82 Å². The Balaban J connectivity index is 1.64. The molecule has 1 amide bonds. The number of aromatic amines is 1. The Kier molecular flexibility index (Phi) is 5.20. The predicted octanol–water partition coefficient (Wildman–Crippen LogP) is 4.78. The van der Waals surface area contributed by atoms with E-state index in [-0.39, 0.29) is 11.9 Å². The summed E-state index contributed by atoms with van der Waals surface area (Å²) in [7, 11) is 0. The van der Waals surface area contributed by atoms with Gasteiger partial charge in [-0.3, -0.25) is 9.36 Å². The van der Waals surface area contributed by atoms with Gasteiger partial charge in [0.1, 0.15) is 11.6 Å². The minimum Gasteiger partial charge on any atom is -0.360 e. The van der Waals surface area contributed by atoms with Gasteiger partial charge < -0.3 is 14.8 Å². The van der Waals surface area contributed by atoms with Crippen LogP contribution in [0.5, 0.6) is 0 Å². The first kappa shape index (κ1) is 19.9. The maximum atomic E-state index is 13.2. The van der Waals surface area contributed by atoms with Crippen molar-refractivity contribution in [1.29, 1.82) is 0 Å². The first-order chi connectivity index (χ1) is 14.3. The highest BCUT2D eigenvalue weighted by molar-refractivity contribution is 5.96. The molecule has 30 heavy (non-hydrogen) atoms. The van der Waals surface area contributed by atoms with Crippen LogP contribution in [0, 0.1) is 26.7 Å². The van der Waals surface area contributed by atoms with Crippen LogP contribution in [0.1, 0.15) is 59.6 Å². The molecule has 0 aliphatic rings. The van der Waals surface area contributed by atoms with Crippen LogP contribution in [0.25, 0.3) is 16.9 Å². The summed E-state index contributed by atoms with van der Waals surface area (Å²) in [5.41, 5.74) is 4.24. The lowest BCUT2D eigenvalue weighted by Gasteiger charge is -2.19. The number of imidazole rings is 1. The second-order valence-electron chi connectivity index (χ2n) is 8.21. The number of nitrogens with one attached hydrogen (secondary N) is 2. The number of amides is 1. The minimum absolute atomic E-state index is 0.124. The molecule has 0 spiro atoms. The largest absolute Gasteiger partial charge is 0.360 e. The van der Waals surface area contributed by atoms with Crippen LogP contribution >= 0.6 is 0 Å². The van der Waals surface area contributed by atoms with E-state index < -0.39 is 0 Å². The van der Waals surface area contributed by atoms with Gasteiger partial charge in [-0.2, -0.15) is 0 Å². The van der Waals surface area contributed by atoms with Crippen molar-refractivity contribution in [3.8, 4) is 5.82 Å². The molecule has 1 aromatic carbocycles. The van der Waals surface area contributed by atoms with Crippen LogP contribution in [-0.2, 0) is 0 Å². The van der Waals surface area contributed by atoms with E-state index in [1.807, 2.05) is 61.7 Å². The number of para-hydroxylation sites is 2. The zero-order chi connectivity index (χ0) is 21.4. The Bertz CT molecular complexity index is 1160. The summed E-state index contributed by atoms with van der Waals surface area (Å²) in [4.78, 5) is 21.3. The van der Waals surface area contributed by atoms with E-state index in [0.717, 1.165) is 40.4 Å². The monoisotopic (exact) mass is 405 g/mol. The van der Waals surface area contributed by atoms with Gasteiger partial charge in [-0.25, -0.2) is 4.98 Å². The van der Waals surface area contributed by atoms with Crippen molar-refractivity contribution in [2.45, 2.75) is 47.1 Å². The van der Waals surface area contributed by atoms with Gasteiger partial charge in [0.25, 0.3) is 5.91 Å². The van der Waals surface area contributed by atoms with Crippen molar-refractivity contribution in [1.82, 2.24) is 25.0 Å². The van der Waals surface area contributed by atoms with Crippen LogP contribution in [0.2, 0.25) is 0 Å². The quantitative estimate of drug-likeness (QED) is 0.483. The van der Waals surface area contributed by atoms with E-state index in [4.69, 9.17) is 9.51 Å². The number of hydrogen-bond donors (Lipinski definition) is 2. The molecule has 0 fully saturated rings. The number of aryl methyl sites for hydroxylation is 2. The summed E-state index contributed by atoms with van der Waals surface area (Å²) in [6.07, 6.45) is 0.785. The molecule has 0 aliphatic carbocycles. The number of nitrogens with zero attached hydrogens (tertiary/aromatic N) is 3. The molecule has 7 heteroatoms. The number of hydrogen-bond acceptors (Lipinski definition) is 4. The molecular weight excluding hydrogens is 378 g/mol. The van der Waals surface area contributed by atoms with E-state index >= 15 is 0 Å². The third-order valence-corrected chi connectivity index (χ3v) is 5.27. The van der Waals surface area contributed by atoms with Crippen LogP contribution < -0.4 is 5.32 Å². The average Bonchev–Trinajstić information content (AvgIpc) is 3.37. The molecule has 3 heterocycles. The van der Waals surface area contributed by atoms with Crippen LogP contribution in [-0.4, -0.2) is 25.6 Å². The van der Waals surface area contributed by atoms with Crippen LogP contribution in [0.15, 0.2) is 40.9 Å². The SMILES string of the molecule is Cc1cc(-n2c(C)cc(C(=O)NC(CC(C)C)c3nc4ccccc4[nH]3)c2C)no1. The Morgan fingerprint density at radius 3 is 2.63 bits per heavy atom. The molecule has 0 aliphatic heterocycles. The van der Waals surface area contributed by atoms with Gasteiger partial charge >= 0.3 is 0 Å². The lowest BCUT2D eigenvalue weighted by molar-refractivity contribution is 0.0929. The zero-order valence-corrected chi connectivity index (χ0v) is 18.0. The van der Waals surface area contributed by atoms with Crippen molar-refractivity contribution in [3.05, 3.63) is 64.9 Å². The van der Waals surface area contributed by atoms with Gasteiger partial charge in [0, 0.05) is 17.5 Å². The molecule has 4 rings (SSSR count).